The molecule has 1 aliphatic carbocycles. The molecule has 7 heteroatoms. The average Bonchev–Trinajstić information content (AvgIpc) is 3.50. The fourth-order valence-corrected chi connectivity index (χ4v) is 5.45. The van der Waals surface area contributed by atoms with Crippen LogP contribution < -0.4 is 0 Å². The lowest BCUT2D eigenvalue weighted by Crippen LogP contribution is -2.61. The highest BCUT2D eigenvalue weighted by Crippen LogP contribution is 2.47. The third kappa shape index (κ3) is 3.83. The lowest BCUT2D eigenvalue weighted by Gasteiger charge is -2.52. The Morgan fingerprint density at radius 3 is 2.75 bits per heavy atom. The van der Waals surface area contributed by atoms with E-state index in [1.54, 1.807) is 11.0 Å². The minimum absolute atomic E-state index is 0.0767. The summed E-state index contributed by atoms with van der Waals surface area (Å²) in [4.78, 5) is 30.7. The van der Waals surface area contributed by atoms with Gasteiger partial charge in [-0.05, 0) is 50.0 Å². The molecule has 1 aromatic carbocycles. The minimum atomic E-state index is -0.749. The summed E-state index contributed by atoms with van der Waals surface area (Å²) in [7, 11) is 0. The molecule has 0 unspecified atom stereocenters. The maximum Gasteiger partial charge on any atom is 0.292 e. The number of aromatic nitrogens is 1. The molecular formula is C25H31N3O4. The molecular weight excluding hydrogens is 406 g/mol. The maximum absolute atomic E-state index is 14.0. The Bertz CT molecular complexity index is 986. The predicted molar refractivity (Wildman–Crippen MR) is 118 cm³/mol. The number of hydrogen-bond acceptors (Lipinski definition) is 5. The molecule has 1 spiro atoms. The molecule has 2 amide bonds. The number of aliphatic hydroxyl groups excluding tert-OH is 1. The first-order chi connectivity index (χ1) is 15.5. The lowest BCUT2D eigenvalue weighted by atomic mass is 9.69. The van der Waals surface area contributed by atoms with Crippen molar-refractivity contribution in [1.29, 1.82) is 0 Å². The minimum Gasteiger partial charge on any atom is -0.391 e. The van der Waals surface area contributed by atoms with Crippen molar-refractivity contribution in [3.63, 3.8) is 0 Å². The number of amides is 2. The van der Waals surface area contributed by atoms with Crippen molar-refractivity contribution in [2.45, 2.75) is 57.6 Å². The summed E-state index contributed by atoms with van der Waals surface area (Å²) < 4.78 is 5.27. The molecule has 3 atom stereocenters. The second-order valence-electron chi connectivity index (χ2n) is 9.67. The fraction of sp³-hybridized carbons (Fsp3) is 0.560. The SMILES string of the molecule is CCc1cc(C(=O)N2CCC[C@@]3(C[C@@H](O)[C@H](c4ccccc4)N(CC4CC4)C3=O)C2)on1. The molecule has 2 aromatic rings. The smallest absolute Gasteiger partial charge is 0.292 e. The summed E-state index contributed by atoms with van der Waals surface area (Å²) in [5, 5.41) is 15.3. The summed E-state index contributed by atoms with van der Waals surface area (Å²) in [6.07, 6.45) is 4.07. The van der Waals surface area contributed by atoms with Gasteiger partial charge in [0, 0.05) is 25.7 Å². The van der Waals surface area contributed by atoms with Crippen molar-refractivity contribution >= 4 is 11.8 Å². The van der Waals surface area contributed by atoms with Crippen molar-refractivity contribution in [2.24, 2.45) is 11.3 Å². The van der Waals surface area contributed by atoms with E-state index in [0.29, 0.717) is 44.8 Å². The maximum atomic E-state index is 14.0. The van der Waals surface area contributed by atoms with E-state index in [0.717, 1.165) is 30.5 Å². The van der Waals surface area contributed by atoms with E-state index in [1.165, 1.54) is 0 Å². The molecule has 3 fully saturated rings. The number of aliphatic hydroxyl groups is 1. The Kier molecular flexibility index (Phi) is 5.53. The number of hydrogen-bond donors (Lipinski definition) is 1. The first-order valence-electron chi connectivity index (χ1n) is 11.8. The van der Waals surface area contributed by atoms with Crippen LogP contribution in [0.3, 0.4) is 0 Å². The highest BCUT2D eigenvalue weighted by atomic mass is 16.5. The van der Waals surface area contributed by atoms with Gasteiger partial charge in [0.05, 0.1) is 23.3 Å². The van der Waals surface area contributed by atoms with Gasteiger partial charge in [-0.2, -0.15) is 0 Å². The second-order valence-corrected chi connectivity index (χ2v) is 9.67. The molecule has 1 aromatic heterocycles. The molecule has 7 nitrogen and oxygen atoms in total. The Labute approximate surface area is 188 Å². The third-order valence-corrected chi connectivity index (χ3v) is 7.30. The molecule has 2 saturated heterocycles. The number of aryl methyl sites for hydroxylation is 1. The van der Waals surface area contributed by atoms with Gasteiger partial charge in [-0.1, -0.05) is 42.4 Å². The molecule has 1 N–H and O–H groups in total. The van der Waals surface area contributed by atoms with Crippen LogP contribution in [0.25, 0.3) is 0 Å². The van der Waals surface area contributed by atoms with Crippen LogP contribution >= 0.6 is 0 Å². The number of rotatable bonds is 5. The standard InChI is InChI=1S/C25H31N3O4/c1-2-19-13-21(32-26-19)23(30)27-12-6-11-25(16-27)14-20(29)22(18-7-4-3-5-8-18)28(24(25)31)15-17-9-10-17/h3-5,7-8,13,17,20,22,29H,2,6,9-12,14-16H2,1H3/t20-,22+,25-/m1/s1. The van der Waals surface area contributed by atoms with E-state index in [4.69, 9.17) is 4.52 Å². The van der Waals surface area contributed by atoms with Crippen LogP contribution in [0.4, 0.5) is 0 Å². The van der Waals surface area contributed by atoms with Gasteiger partial charge in [-0.25, -0.2) is 0 Å². The topological polar surface area (TPSA) is 86.9 Å². The van der Waals surface area contributed by atoms with E-state index >= 15 is 0 Å². The zero-order valence-corrected chi connectivity index (χ0v) is 18.6. The zero-order chi connectivity index (χ0) is 22.3. The van der Waals surface area contributed by atoms with Gasteiger partial charge in [0.1, 0.15) is 0 Å². The number of carbonyl (C=O) groups excluding carboxylic acids is 2. The van der Waals surface area contributed by atoms with Crippen LogP contribution in [0, 0.1) is 11.3 Å². The van der Waals surface area contributed by atoms with Gasteiger partial charge in [-0.3, -0.25) is 9.59 Å². The van der Waals surface area contributed by atoms with Crippen molar-refractivity contribution in [1.82, 2.24) is 15.0 Å². The molecule has 32 heavy (non-hydrogen) atoms. The van der Waals surface area contributed by atoms with E-state index in [-0.39, 0.29) is 23.6 Å². The van der Waals surface area contributed by atoms with E-state index < -0.39 is 11.5 Å². The highest BCUT2D eigenvalue weighted by Gasteiger charge is 2.54. The molecule has 3 heterocycles. The molecule has 2 aliphatic heterocycles. The largest absolute Gasteiger partial charge is 0.391 e. The van der Waals surface area contributed by atoms with Crippen LogP contribution in [-0.4, -0.2) is 57.6 Å². The van der Waals surface area contributed by atoms with Crippen LogP contribution in [-0.2, 0) is 11.2 Å². The highest BCUT2D eigenvalue weighted by molar-refractivity contribution is 5.93. The monoisotopic (exact) mass is 437 g/mol. The third-order valence-electron chi connectivity index (χ3n) is 7.30. The van der Waals surface area contributed by atoms with Gasteiger partial charge in [-0.15, -0.1) is 0 Å². The Balaban J connectivity index is 1.42. The zero-order valence-electron chi connectivity index (χ0n) is 18.6. The normalized spacial score (nSPS) is 28.4. The summed E-state index contributed by atoms with van der Waals surface area (Å²) in [5.74, 6) is 0.584. The van der Waals surface area contributed by atoms with Crippen molar-refractivity contribution < 1.29 is 19.2 Å². The number of piperidine rings is 2. The average molecular weight is 438 g/mol. The number of benzene rings is 1. The number of carbonyl (C=O) groups is 2. The molecule has 170 valence electrons. The molecule has 0 bridgehead atoms. The first-order valence-corrected chi connectivity index (χ1v) is 11.8. The molecule has 1 saturated carbocycles. The Morgan fingerprint density at radius 2 is 2.06 bits per heavy atom. The predicted octanol–water partition coefficient (Wildman–Crippen LogP) is 3.20. The second kappa shape index (κ2) is 8.35. The Morgan fingerprint density at radius 1 is 1.28 bits per heavy atom. The fourth-order valence-electron chi connectivity index (χ4n) is 5.45. The van der Waals surface area contributed by atoms with Gasteiger partial charge in [0.2, 0.25) is 11.7 Å². The van der Waals surface area contributed by atoms with E-state index in [2.05, 4.69) is 5.16 Å². The Hall–Kier alpha value is -2.67. The number of nitrogens with zero attached hydrogens (tertiary/aromatic N) is 3. The lowest BCUT2D eigenvalue weighted by molar-refractivity contribution is -0.164. The van der Waals surface area contributed by atoms with Crippen LogP contribution in [0.1, 0.15) is 66.9 Å². The van der Waals surface area contributed by atoms with E-state index in [1.807, 2.05) is 42.2 Å². The van der Waals surface area contributed by atoms with Crippen molar-refractivity contribution in [2.75, 3.05) is 19.6 Å². The van der Waals surface area contributed by atoms with Crippen molar-refractivity contribution in [3.8, 4) is 0 Å². The molecule has 3 aliphatic rings. The van der Waals surface area contributed by atoms with E-state index in [9.17, 15) is 14.7 Å². The summed E-state index contributed by atoms with van der Waals surface area (Å²) >= 11 is 0. The first kappa shape index (κ1) is 21.2. The van der Waals surface area contributed by atoms with Crippen molar-refractivity contribution in [3.05, 3.63) is 53.4 Å². The summed E-state index contributed by atoms with van der Waals surface area (Å²) in [5.41, 5.74) is 0.966. The molecule has 5 rings (SSSR count). The van der Waals surface area contributed by atoms with Crippen LogP contribution in [0.2, 0.25) is 0 Å². The van der Waals surface area contributed by atoms with Gasteiger partial charge in [0.15, 0.2) is 0 Å². The summed E-state index contributed by atoms with van der Waals surface area (Å²) in [6, 6.07) is 11.2. The van der Waals surface area contributed by atoms with Crippen LogP contribution in [0.15, 0.2) is 40.9 Å². The summed E-state index contributed by atoms with van der Waals surface area (Å²) in [6.45, 7) is 3.53. The number of likely N-dealkylation sites (tertiary alicyclic amines) is 2. The van der Waals surface area contributed by atoms with Gasteiger partial charge < -0.3 is 19.4 Å². The van der Waals surface area contributed by atoms with Crippen LogP contribution in [0.5, 0.6) is 0 Å². The van der Waals surface area contributed by atoms with Gasteiger partial charge >= 0.3 is 0 Å². The molecule has 0 radical (unpaired) electrons. The quantitative estimate of drug-likeness (QED) is 0.776. The van der Waals surface area contributed by atoms with Gasteiger partial charge in [0.25, 0.3) is 5.91 Å².